The van der Waals surface area contributed by atoms with Gasteiger partial charge in [0.05, 0.1) is 10.0 Å². The Bertz CT molecular complexity index is 1020. The second-order valence-electron chi connectivity index (χ2n) is 5.65. The van der Waals surface area contributed by atoms with Crippen LogP contribution in [0, 0.1) is 0 Å². The fourth-order valence-corrected chi connectivity index (χ4v) is 3.07. The van der Waals surface area contributed by atoms with Crippen molar-refractivity contribution in [3.8, 4) is 28.4 Å². The molecule has 0 aliphatic heterocycles. The molecule has 3 aromatic carbocycles. The smallest absolute Gasteiger partial charge is 0.270 e. The van der Waals surface area contributed by atoms with E-state index >= 15 is 0 Å². The molecule has 8 heteroatoms. The molecule has 0 heterocycles. The summed E-state index contributed by atoms with van der Waals surface area (Å²) in [6.07, 6.45) is 0.702. The summed E-state index contributed by atoms with van der Waals surface area (Å²) in [6, 6.07) is 17.0. The third-order valence-electron chi connectivity index (χ3n) is 3.71. The fraction of sp³-hybridized carbons (Fsp3) is 0. The molecule has 0 unspecified atom stereocenters. The van der Waals surface area contributed by atoms with Gasteiger partial charge in [-0.2, -0.15) is 0 Å². The summed E-state index contributed by atoms with van der Waals surface area (Å²) < 4.78 is 5.81. The van der Waals surface area contributed by atoms with Crippen LogP contribution in [0.2, 0.25) is 10.0 Å². The number of phenols is 1. The van der Waals surface area contributed by atoms with Crippen molar-refractivity contribution in [1.29, 1.82) is 0 Å². The van der Waals surface area contributed by atoms with Crippen molar-refractivity contribution in [2.24, 2.45) is 5.16 Å². The third-order valence-corrected chi connectivity index (χ3v) is 4.28. The van der Waals surface area contributed by atoms with Gasteiger partial charge in [0.15, 0.2) is 5.75 Å². The molecule has 0 saturated carbocycles. The number of hydrogen-bond donors (Lipinski definition) is 3. The molecule has 0 aliphatic carbocycles. The van der Waals surface area contributed by atoms with E-state index in [0.29, 0.717) is 23.2 Å². The molecule has 28 heavy (non-hydrogen) atoms. The lowest BCUT2D eigenvalue weighted by Gasteiger charge is -2.13. The van der Waals surface area contributed by atoms with Crippen LogP contribution in [-0.2, 0) is 4.79 Å². The Labute approximate surface area is 170 Å². The Kier molecular flexibility index (Phi) is 6.03. The van der Waals surface area contributed by atoms with E-state index in [4.69, 9.17) is 33.1 Å². The monoisotopic (exact) mass is 416 g/mol. The van der Waals surface area contributed by atoms with Gasteiger partial charge in [0.1, 0.15) is 17.7 Å². The molecular weight excluding hydrogens is 403 g/mol. The van der Waals surface area contributed by atoms with Gasteiger partial charge in [-0.1, -0.05) is 58.7 Å². The van der Waals surface area contributed by atoms with Crippen LogP contribution in [0.25, 0.3) is 11.1 Å². The molecule has 0 atom stereocenters. The highest BCUT2D eigenvalue weighted by atomic mass is 35.5. The Morgan fingerprint density at radius 1 is 1.04 bits per heavy atom. The van der Waals surface area contributed by atoms with Crippen molar-refractivity contribution in [2.75, 3.05) is 5.32 Å². The second-order valence-corrected chi connectivity index (χ2v) is 6.46. The maximum atomic E-state index is 11.5. The predicted molar refractivity (Wildman–Crippen MR) is 109 cm³/mol. The van der Waals surface area contributed by atoms with Crippen molar-refractivity contribution in [3.63, 3.8) is 0 Å². The topological polar surface area (TPSA) is 91.2 Å². The second kappa shape index (κ2) is 8.65. The molecule has 3 N–H and O–H groups in total. The molecule has 3 aromatic rings. The molecule has 1 amide bonds. The number of anilines is 1. The quantitative estimate of drug-likeness (QED) is 0.288. The summed E-state index contributed by atoms with van der Waals surface area (Å²) >= 11 is 12.5. The van der Waals surface area contributed by atoms with Gasteiger partial charge in [-0.25, -0.2) is 0 Å². The zero-order valence-electron chi connectivity index (χ0n) is 14.3. The van der Waals surface area contributed by atoms with E-state index in [0.717, 1.165) is 5.56 Å². The predicted octanol–water partition coefficient (Wildman–Crippen LogP) is 5.56. The van der Waals surface area contributed by atoms with Gasteiger partial charge in [0.25, 0.3) is 5.91 Å². The number of carbonyl (C=O) groups excluding carboxylic acids is 1. The number of hydrogen-bond acceptors (Lipinski definition) is 5. The number of carbonyl (C=O) groups is 1. The van der Waals surface area contributed by atoms with E-state index in [9.17, 15) is 9.90 Å². The van der Waals surface area contributed by atoms with Crippen molar-refractivity contribution in [2.45, 2.75) is 0 Å². The van der Waals surface area contributed by atoms with Gasteiger partial charge in [-0.05, 0) is 35.9 Å². The van der Waals surface area contributed by atoms with Crippen molar-refractivity contribution in [1.82, 2.24) is 0 Å². The highest BCUT2D eigenvalue weighted by Crippen LogP contribution is 2.40. The number of nitrogens with one attached hydrogen (secondary N) is 1. The van der Waals surface area contributed by atoms with E-state index in [1.807, 2.05) is 30.3 Å². The first-order valence-electron chi connectivity index (χ1n) is 8.01. The molecule has 6 nitrogen and oxygen atoms in total. The number of benzene rings is 3. The number of oxime groups is 1. The number of phenolic OH excluding ortho intramolecular Hbond substituents is 1. The van der Waals surface area contributed by atoms with Crippen molar-refractivity contribution >= 4 is 41.0 Å². The normalized spacial score (nSPS) is 10.8. The van der Waals surface area contributed by atoms with Crippen LogP contribution in [-0.4, -0.2) is 22.4 Å². The van der Waals surface area contributed by atoms with Gasteiger partial charge >= 0.3 is 0 Å². The zero-order chi connectivity index (χ0) is 20.1. The lowest BCUT2D eigenvalue weighted by atomic mass is 10.0. The molecule has 0 aromatic heterocycles. The Balaban J connectivity index is 1.89. The highest BCUT2D eigenvalue weighted by Gasteiger charge is 2.14. The summed E-state index contributed by atoms with van der Waals surface area (Å²) in [5.41, 5.74) is 1.73. The van der Waals surface area contributed by atoms with Crippen molar-refractivity contribution in [3.05, 3.63) is 70.7 Å². The molecule has 3 rings (SSSR count). The van der Waals surface area contributed by atoms with Crippen LogP contribution in [0.5, 0.6) is 17.2 Å². The van der Waals surface area contributed by atoms with Crippen LogP contribution in [0.4, 0.5) is 5.69 Å². The lowest BCUT2D eigenvalue weighted by molar-refractivity contribution is -0.110. The number of nitrogens with zero attached hydrogens (tertiary/aromatic N) is 1. The van der Waals surface area contributed by atoms with E-state index < -0.39 is 5.91 Å². The van der Waals surface area contributed by atoms with Gasteiger partial charge in [-0.15, -0.1) is 0 Å². The minimum Gasteiger partial charge on any atom is -0.507 e. The van der Waals surface area contributed by atoms with E-state index in [-0.39, 0.29) is 21.5 Å². The maximum absolute atomic E-state index is 11.5. The average Bonchev–Trinajstić information content (AvgIpc) is 2.67. The Hall–Kier alpha value is -3.22. The van der Waals surface area contributed by atoms with Gasteiger partial charge in [-0.3, -0.25) is 4.79 Å². The van der Waals surface area contributed by atoms with E-state index in [1.54, 1.807) is 12.1 Å². The third kappa shape index (κ3) is 4.54. The molecular formula is C20H14Cl2N2O4. The van der Waals surface area contributed by atoms with E-state index in [1.165, 1.54) is 18.2 Å². The van der Waals surface area contributed by atoms with Gasteiger partial charge in [0, 0.05) is 11.3 Å². The molecule has 0 bridgehead atoms. The van der Waals surface area contributed by atoms with Crippen LogP contribution in [0.15, 0.2) is 65.8 Å². The first-order valence-corrected chi connectivity index (χ1v) is 8.77. The number of halogens is 2. The van der Waals surface area contributed by atoms with Crippen LogP contribution in [0.1, 0.15) is 0 Å². The first-order chi connectivity index (χ1) is 13.5. The van der Waals surface area contributed by atoms with E-state index in [2.05, 4.69) is 10.5 Å². The Morgan fingerprint density at radius 3 is 2.36 bits per heavy atom. The van der Waals surface area contributed by atoms with Crippen LogP contribution in [0.3, 0.4) is 0 Å². The standard InChI is InChI=1S/C20H14Cl2N2O4/c21-16-8-13(24-19(26)11-23-27)9-17(22)20(16)28-14-6-7-18(25)15(10-14)12-4-2-1-3-5-12/h1-11,25,27H,(H,24,26)/b23-11+. The average molecular weight is 417 g/mol. The summed E-state index contributed by atoms with van der Waals surface area (Å²) in [7, 11) is 0. The van der Waals surface area contributed by atoms with Crippen LogP contribution >= 0.6 is 23.2 Å². The zero-order valence-corrected chi connectivity index (χ0v) is 15.8. The summed E-state index contributed by atoms with van der Waals surface area (Å²) in [5, 5.41) is 23.9. The number of ether oxygens (including phenoxy) is 1. The summed E-state index contributed by atoms with van der Waals surface area (Å²) in [6.45, 7) is 0. The molecule has 0 aliphatic rings. The van der Waals surface area contributed by atoms with Gasteiger partial charge in [0.2, 0.25) is 0 Å². The number of amides is 1. The molecule has 0 radical (unpaired) electrons. The molecule has 0 saturated heterocycles. The minimum atomic E-state index is -0.644. The summed E-state index contributed by atoms with van der Waals surface area (Å²) in [4.78, 5) is 11.5. The first kappa shape index (κ1) is 19.5. The largest absolute Gasteiger partial charge is 0.507 e. The maximum Gasteiger partial charge on any atom is 0.270 e. The lowest BCUT2D eigenvalue weighted by Crippen LogP contribution is -2.12. The van der Waals surface area contributed by atoms with Crippen LogP contribution < -0.4 is 10.1 Å². The molecule has 0 fully saturated rings. The SMILES string of the molecule is O=C(/C=N/O)Nc1cc(Cl)c(Oc2ccc(O)c(-c3ccccc3)c2)c(Cl)c1. The highest BCUT2D eigenvalue weighted by molar-refractivity contribution is 6.38. The molecule has 142 valence electrons. The molecule has 0 spiro atoms. The minimum absolute atomic E-state index is 0.111. The number of aromatic hydroxyl groups is 1. The Morgan fingerprint density at radius 2 is 1.71 bits per heavy atom. The number of rotatable bonds is 5. The fourth-order valence-electron chi connectivity index (χ4n) is 2.50. The summed E-state index contributed by atoms with van der Waals surface area (Å²) in [5.74, 6) is 0.0835. The van der Waals surface area contributed by atoms with Gasteiger partial charge < -0.3 is 20.4 Å². The van der Waals surface area contributed by atoms with Crippen molar-refractivity contribution < 1.29 is 19.8 Å².